The number of hydrogen-bond donors (Lipinski definition) is 1. The number of halogens is 1. The molecule has 1 N–H and O–H groups in total. The van der Waals surface area contributed by atoms with Crippen molar-refractivity contribution in [3.63, 3.8) is 0 Å². The lowest BCUT2D eigenvalue weighted by Gasteiger charge is -2.07. The first-order valence-corrected chi connectivity index (χ1v) is 5.71. The molecule has 1 aromatic carbocycles. The van der Waals surface area contributed by atoms with Gasteiger partial charge < -0.3 is 10.1 Å². The molecule has 1 amide bonds. The fourth-order valence-electron chi connectivity index (χ4n) is 1.78. The van der Waals surface area contributed by atoms with Gasteiger partial charge in [0.25, 0.3) is 0 Å². The van der Waals surface area contributed by atoms with Gasteiger partial charge in [-0.05, 0) is 30.5 Å². The second-order valence-electron chi connectivity index (χ2n) is 4.49. The largest absolute Gasteiger partial charge is 0.465 e. The zero-order valence-electron chi connectivity index (χ0n) is 10.2. The molecule has 2 atom stereocenters. The van der Waals surface area contributed by atoms with Crippen molar-refractivity contribution in [3.05, 3.63) is 29.6 Å². The number of methoxy groups -OCH3 is 1. The highest BCUT2D eigenvalue weighted by atomic mass is 19.1. The predicted octanol–water partition coefficient (Wildman–Crippen LogP) is 2.21. The van der Waals surface area contributed by atoms with E-state index in [2.05, 4.69) is 10.1 Å². The van der Waals surface area contributed by atoms with Crippen molar-refractivity contribution in [1.82, 2.24) is 0 Å². The zero-order chi connectivity index (χ0) is 13.3. The lowest BCUT2D eigenvalue weighted by atomic mass is 10.2. The number of carbonyl (C=O) groups excluding carboxylic acids is 2. The summed E-state index contributed by atoms with van der Waals surface area (Å²) in [4.78, 5) is 23.0. The van der Waals surface area contributed by atoms with Crippen molar-refractivity contribution < 1.29 is 18.7 Å². The van der Waals surface area contributed by atoms with Crippen molar-refractivity contribution in [2.24, 2.45) is 11.8 Å². The van der Waals surface area contributed by atoms with Crippen LogP contribution in [-0.4, -0.2) is 19.0 Å². The minimum atomic E-state index is -0.565. The van der Waals surface area contributed by atoms with Crippen LogP contribution in [0.15, 0.2) is 18.2 Å². The van der Waals surface area contributed by atoms with Crippen molar-refractivity contribution in [2.75, 3.05) is 12.4 Å². The van der Waals surface area contributed by atoms with Gasteiger partial charge in [-0.3, -0.25) is 4.79 Å². The molecule has 0 saturated heterocycles. The smallest absolute Gasteiger partial charge is 0.337 e. The molecule has 1 saturated carbocycles. The summed E-state index contributed by atoms with van der Waals surface area (Å²) in [5, 5.41) is 2.50. The maximum absolute atomic E-state index is 13.5. The summed E-state index contributed by atoms with van der Waals surface area (Å²) in [5.41, 5.74) is 0.222. The van der Waals surface area contributed by atoms with E-state index in [0.29, 0.717) is 5.92 Å². The van der Waals surface area contributed by atoms with Crippen LogP contribution >= 0.6 is 0 Å². The first kappa shape index (κ1) is 12.5. The molecule has 0 unspecified atom stereocenters. The quantitative estimate of drug-likeness (QED) is 0.838. The molecule has 1 aliphatic rings. The van der Waals surface area contributed by atoms with Crippen molar-refractivity contribution in [3.8, 4) is 0 Å². The van der Waals surface area contributed by atoms with Gasteiger partial charge in [-0.2, -0.15) is 0 Å². The van der Waals surface area contributed by atoms with Gasteiger partial charge >= 0.3 is 5.97 Å². The Balaban J connectivity index is 2.16. The summed E-state index contributed by atoms with van der Waals surface area (Å²) in [7, 11) is 1.25. The van der Waals surface area contributed by atoms with Gasteiger partial charge in [-0.1, -0.05) is 6.92 Å². The number of amides is 1. The number of nitrogens with one attached hydrogen (secondary N) is 1. The highest BCUT2D eigenvalue weighted by molar-refractivity contribution is 5.96. The Morgan fingerprint density at radius 1 is 1.44 bits per heavy atom. The summed E-state index contributed by atoms with van der Waals surface area (Å²) in [5.74, 6) is -1.04. The number of carbonyl (C=O) groups is 2. The second kappa shape index (κ2) is 4.76. The lowest BCUT2D eigenvalue weighted by molar-refractivity contribution is -0.117. The standard InChI is InChI=1S/C13H14FNO3/c1-7-5-9(7)12(16)15-11-6-8(13(17)18-2)3-4-10(11)14/h3-4,6-7,9H,5H2,1-2H3,(H,15,16)/t7-,9+/m1/s1. The number of anilines is 1. The molecule has 0 radical (unpaired) electrons. The third-order valence-corrected chi connectivity index (χ3v) is 3.09. The van der Waals surface area contributed by atoms with Crippen LogP contribution in [0.2, 0.25) is 0 Å². The summed E-state index contributed by atoms with van der Waals surface area (Å²) in [6.45, 7) is 1.96. The Hall–Kier alpha value is -1.91. The molecule has 4 nitrogen and oxygen atoms in total. The van der Waals surface area contributed by atoms with Gasteiger partial charge in [0.05, 0.1) is 18.4 Å². The van der Waals surface area contributed by atoms with Crippen LogP contribution in [0.5, 0.6) is 0 Å². The number of hydrogen-bond acceptors (Lipinski definition) is 3. The molecular formula is C13H14FNO3. The Kier molecular flexibility index (Phi) is 3.32. The SMILES string of the molecule is COC(=O)c1ccc(F)c(NC(=O)[C@H]2C[C@H]2C)c1. The Morgan fingerprint density at radius 2 is 2.11 bits per heavy atom. The molecule has 0 spiro atoms. The van der Waals surface area contributed by atoms with Crippen LogP contribution < -0.4 is 5.32 Å². The maximum Gasteiger partial charge on any atom is 0.337 e. The average molecular weight is 251 g/mol. The van der Waals surface area contributed by atoms with Gasteiger partial charge in [-0.25, -0.2) is 9.18 Å². The lowest BCUT2D eigenvalue weighted by Crippen LogP contribution is -2.16. The Bertz CT molecular complexity index is 501. The predicted molar refractivity (Wildman–Crippen MR) is 63.6 cm³/mol. The van der Waals surface area contributed by atoms with Gasteiger partial charge in [0.2, 0.25) is 5.91 Å². The molecule has 18 heavy (non-hydrogen) atoms. The first-order valence-electron chi connectivity index (χ1n) is 5.71. The number of ether oxygens (including phenoxy) is 1. The fourth-order valence-corrected chi connectivity index (χ4v) is 1.78. The minimum Gasteiger partial charge on any atom is -0.465 e. The van der Waals surface area contributed by atoms with Crippen molar-refractivity contribution in [2.45, 2.75) is 13.3 Å². The molecule has 5 heteroatoms. The van der Waals surface area contributed by atoms with Gasteiger partial charge in [0, 0.05) is 5.92 Å². The van der Waals surface area contributed by atoms with Gasteiger partial charge in [-0.15, -0.1) is 0 Å². The van der Waals surface area contributed by atoms with Gasteiger partial charge in [0.1, 0.15) is 5.82 Å². The van der Waals surface area contributed by atoms with Crippen LogP contribution in [0.25, 0.3) is 0 Å². The highest BCUT2D eigenvalue weighted by Crippen LogP contribution is 2.38. The van der Waals surface area contributed by atoms with Crippen LogP contribution in [0, 0.1) is 17.7 Å². The molecule has 0 bridgehead atoms. The summed E-state index contributed by atoms with van der Waals surface area (Å²) in [6.07, 6.45) is 0.824. The van der Waals surface area contributed by atoms with Crippen LogP contribution in [-0.2, 0) is 9.53 Å². The molecule has 1 aliphatic carbocycles. The second-order valence-corrected chi connectivity index (χ2v) is 4.49. The molecule has 0 heterocycles. The molecule has 0 aromatic heterocycles. The Labute approximate surface area is 104 Å². The molecule has 0 aliphatic heterocycles. The third kappa shape index (κ3) is 2.50. The monoisotopic (exact) mass is 251 g/mol. The Morgan fingerprint density at radius 3 is 2.67 bits per heavy atom. The fraction of sp³-hybridized carbons (Fsp3) is 0.385. The zero-order valence-corrected chi connectivity index (χ0v) is 10.2. The van der Waals surface area contributed by atoms with E-state index in [1.54, 1.807) is 0 Å². The van der Waals surface area contributed by atoms with E-state index in [1.807, 2.05) is 6.92 Å². The minimum absolute atomic E-state index is 0.0157. The third-order valence-electron chi connectivity index (χ3n) is 3.09. The molecular weight excluding hydrogens is 237 g/mol. The summed E-state index contributed by atoms with van der Waals surface area (Å²) in [6, 6.07) is 3.74. The molecule has 1 fully saturated rings. The van der Waals surface area contributed by atoms with Crippen LogP contribution in [0.3, 0.4) is 0 Å². The molecule has 1 aromatic rings. The first-order chi connectivity index (χ1) is 8.52. The van der Waals surface area contributed by atoms with E-state index in [9.17, 15) is 14.0 Å². The van der Waals surface area contributed by atoms with E-state index in [4.69, 9.17) is 0 Å². The number of esters is 1. The number of rotatable bonds is 3. The van der Waals surface area contributed by atoms with E-state index in [1.165, 1.54) is 19.2 Å². The normalized spacial score (nSPS) is 21.3. The van der Waals surface area contributed by atoms with E-state index >= 15 is 0 Å². The van der Waals surface area contributed by atoms with E-state index in [-0.39, 0.29) is 23.1 Å². The van der Waals surface area contributed by atoms with Crippen LogP contribution in [0.1, 0.15) is 23.7 Å². The maximum atomic E-state index is 13.5. The van der Waals surface area contributed by atoms with E-state index < -0.39 is 11.8 Å². The van der Waals surface area contributed by atoms with Crippen molar-refractivity contribution in [1.29, 1.82) is 0 Å². The average Bonchev–Trinajstić information content (AvgIpc) is 3.08. The molecule has 2 rings (SSSR count). The summed E-state index contributed by atoms with van der Waals surface area (Å²) < 4.78 is 18.1. The highest BCUT2D eigenvalue weighted by Gasteiger charge is 2.39. The number of benzene rings is 1. The van der Waals surface area contributed by atoms with E-state index in [0.717, 1.165) is 12.5 Å². The topological polar surface area (TPSA) is 55.4 Å². The van der Waals surface area contributed by atoms with Crippen LogP contribution in [0.4, 0.5) is 10.1 Å². The molecule has 96 valence electrons. The summed E-state index contributed by atoms with van der Waals surface area (Å²) >= 11 is 0. The van der Waals surface area contributed by atoms with Crippen molar-refractivity contribution >= 4 is 17.6 Å². The van der Waals surface area contributed by atoms with Gasteiger partial charge in [0.15, 0.2) is 0 Å².